The van der Waals surface area contributed by atoms with Crippen LogP contribution in [-0.2, 0) is 14.6 Å². The Hall–Kier alpha value is -0.820. The Morgan fingerprint density at radius 3 is 2.80 bits per heavy atom. The van der Waals surface area contributed by atoms with Crippen LogP contribution in [0.3, 0.4) is 0 Å². The topological polar surface area (TPSA) is 83.9 Å². The maximum Gasteiger partial charge on any atom is 0.411 e. The number of rotatable bonds is 2. The van der Waals surface area contributed by atoms with Gasteiger partial charge in [-0.1, -0.05) is 0 Å². The van der Waals surface area contributed by atoms with E-state index in [4.69, 9.17) is 9.84 Å². The van der Waals surface area contributed by atoms with Crippen molar-refractivity contribution in [3.05, 3.63) is 0 Å². The second-order valence-electron chi connectivity index (χ2n) is 3.78. The lowest BCUT2D eigenvalue weighted by molar-refractivity contribution is 0.146. The molecular formula is C8H13NO5S. The molecule has 2 fully saturated rings. The summed E-state index contributed by atoms with van der Waals surface area (Å²) in [7, 11) is -3.23. The fourth-order valence-electron chi connectivity index (χ4n) is 2.05. The van der Waals surface area contributed by atoms with Gasteiger partial charge < -0.3 is 9.84 Å². The van der Waals surface area contributed by atoms with Crippen LogP contribution in [0, 0.1) is 0 Å². The molecule has 2 unspecified atom stereocenters. The molecule has 0 aromatic rings. The van der Waals surface area contributed by atoms with E-state index in [1.807, 2.05) is 0 Å². The number of cyclic esters (lactones) is 1. The number of nitrogens with zero attached hydrogens (tertiary/aromatic N) is 1. The molecule has 2 aliphatic rings. The first-order chi connectivity index (χ1) is 7.06. The van der Waals surface area contributed by atoms with Crippen LogP contribution in [0.1, 0.15) is 12.8 Å². The highest BCUT2D eigenvalue weighted by molar-refractivity contribution is 7.92. The number of carbonyl (C=O) groups excluding carboxylic acids is 1. The van der Waals surface area contributed by atoms with Crippen molar-refractivity contribution >= 4 is 15.9 Å². The fourth-order valence-corrected chi connectivity index (χ4v) is 4.02. The standard InChI is InChI=1S/C8H13NO5S/c10-4-6-5-14-8(11)9(6)7-2-1-3-15(7,12)13/h6-7,10H,1-5H2. The minimum Gasteiger partial charge on any atom is -0.447 e. The summed E-state index contributed by atoms with van der Waals surface area (Å²) in [5, 5.41) is 8.21. The van der Waals surface area contributed by atoms with Gasteiger partial charge in [0.2, 0.25) is 0 Å². The zero-order valence-electron chi connectivity index (χ0n) is 8.13. The van der Waals surface area contributed by atoms with Gasteiger partial charge in [0.15, 0.2) is 9.84 Å². The van der Waals surface area contributed by atoms with E-state index in [0.717, 1.165) is 0 Å². The lowest BCUT2D eigenvalue weighted by atomic mass is 10.2. The molecule has 0 radical (unpaired) electrons. The molecule has 0 aromatic heterocycles. The van der Waals surface area contributed by atoms with Crippen molar-refractivity contribution in [1.82, 2.24) is 4.90 Å². The maximum absolute atomic E-state index is 11.6. The van der Waals surface area contributed by atoms with Crippen LogP contribution >= 0.6 is 0 Å². The molecule has 0 spiro atoms. The van der Waals surface area contributed by atoms with Gasteiger partial charge in [-0.25, -0.2) is 13.2 Å². The number of ether oxygens (including phenoxy) is 1. The van der Waals surface area contributed by atoms with Gasteiger partial charge >= 0.3 is 6.09 Å². The van der Waals surface area contributed by atoms with Crippen LogP contribution in [0.15, 0.2) is 0 Å². The Morgan fingerprint density at radius 2 is 2.27 bits per heavy atom. The van der Waals surface area contributed by atoms with Crippen molar-refractivity contribution in [2.75, 3.05) is 19.0 Å². The molecule has 0 saturated carbocycles. The van der Waals surface area contributed by atoms with E-state index < -0.39 is 27.3 Å². The molecule has 2 atom stereocenters. The molecule has 0 aliphatic carbocycles. The molecule has 0 bridgehead atoms. The summed E-state index contributed by atoms with van der Waals surface area (Å²) >= 11 is 0. The average molecular weight is 235 g/mol. The zero-order valence-corrected chi connectivity index (χ0v) is 8.94. The number of aliphatic hydroxyl groups is 1. The molecular weight excluding hydrogens is 222 g/mol. The molecule has 0 aromatic carbocycles. The van der Waals surface area contributed by atoms with Crippen molar-refractivity contribution in [2.24, 2.45) is 0 Å². The van der Waals surface area contributed by atoms with E-state index in [1.165, 1.54) is 4.90 Å². The average Bonchev–Trinajstić information content (AvgIpc) is 2.68. The number of carbonyl (C=O) groups is 1. The van der Waals surface area contributed by atoms with Gasteiger partial charge in [0.25, 0.3) is 0 Å². The minimum absolute atomic E-state index is 0.0708. The quantitative estimate of drug-likeness (QED) is 0.686. The van der Waals surface area contributed by atoms with E-state index in [1.54, 1.807) is 0 Å². The molecule has 6 nitrogen and oxygen atoms in total. The monoisotopic (exact) mass is 235 g/mol. The van der Waals surface area contributed by atoms with Gasteiger partial charge in [0, 0.05) is 0 Å². The van der Waals surface area contributed by atoms with E-state index in [-0.39, 0.29) is 19.0 Å². The van der Waals surface area contributed by atoms with Gasteiger partial charge in [0.1, 0.15) is 12.0 Å². The van der Waals surface area contributed by atoms with Crippen LogP contribution in [0.25, 0.3) is 0 Å². The molecule has 7 heteroatoms. The second kappa shape index (κ2) is 3.64. The summed E-state index contributed by atoms with van der Waals surface area (Å²) in [4.78, 5) is 12.5. The first-order valence-corrected chi connectivity index (χ1v) is 6.55. The normalized spacial score (nSPS) is 34.5. The molecule has 15 heavy (non-hydrogen) atoms. The number of hydrogen-bond donors (Lipinski definition) is 1. The molecule has 2 heterocycles. The van der Waals surface area contributed by atoms with Gasteiger partial charge in [-0.15, -0.1) is 0 Å². The highest BCUT2D eigenvalue weighted by Gasteiger charge is 2.45. The Kier molecular flexibility index (Phi) is 2.59. The molecule has 86 valence electrons. The van der Waals surface area contributed by atoms with E-state index in [2.05, 4.69) is 0 Å². The Morgan fingerprint density at radius 1 is 1.53 bits per heavy atom. The van der Waals surface area contributed by atoms with Crippen molar-refractivity contribution in [1.29, 1.82) is 0 Å². The zero-order chi connectivity index (χ0) is 11.1. The van der Waals surface area contributed by atoms with Crippen LogP contribution in [0.4, 0.5) is 4.79 Å². The fraction of sp³-hybridized carbons (Fsp3) is 0.875. The van der Waals surface area contributed by atoms with Crippen molar-refractivity contribution in [2.45, 2.75) is 24.3 Å². The summed E-state index contributed by atoms with van der Waals surface area (Å²) in [6.07, 6.45) is 0.368. The number of aliphatic hydroxyl groups excluding tert-OH is 1. The third-order valence-electron chi connectivity index (χ3n) is 2.82. The summed E-state index contributed by atoms with van der Waals surface area (Å²) in [6.45, 7) is -0.195. The molecule has 2 saturated heterocycles. The SMILES string of the molecule is O=C1OCC(CO)N1C1CCCS1(=O)=O. The van der Waals surface area contributed by atoms with Crippen LogP contribution in [0.2, 0.25) is 0 Å². The summed E-state index contributed by atoms with van der Waals surface area (Å²) in [5.41, 5.74) is 0. The predicted molar refractivity (Wildman–Crippen MR) is 50.9 cm³/mol. The molecule has 2 aliphatic heterocycles. The second-order valence-corrected chi connectivity index (χ2v) is 6.06. The predicted octanol–water partition coefficient (Wildman–Crippen LogP) is -0.666. The van der Waals surface area contributed by atoms with Crippen LogP contribution in [-0.4, -0.2) is 54.9 Å². The lowest BCUT2D eigenvalue weighted by Gasteiger charge is -2.25. The summed E-state index contributed by atoms with van der Waals surface area (Å²) in [6, 6.07) is -0.518. The minimum atomic E-state index is -3.23. The summed E-state index contributed by atoms with van der Waals surface area (Å²) < 4.78 is 28.0. The highest BCUT2D eigenvalue weighted by atomic mass is 32.2. The molecule has 1 N–H and O–H groups in total. The van der Waals surface area contributed by atoms with E-state index in [9.17, 15) is 13.2 Å². The van der Waals surface area contributed by atoms with Crippen molar-refractivity contribution in [3.8, 4) is 0 Å². The van der Waals surface area contributed by atoms with Crippen molar-refractivity contribution in [3.63, 3.8) is 0 Å². The van der Waals surface area contributed by atoms with Crippen molar-refractivity contribution < 1.29 is 23.1 Å². The third kappa shape index (κ3) is 1.69. The van der Waals surface area contributed by atoms with Crippen LogP contribution in [0.5, 0.6) is 0 Å². The smallest absolute Gasteiger partial charge is 0.411 e. The molecule has 1 amide bonds. The van der Waals surface area contributed by atoms with E-state index >= 15 is 0 Å². The van der Waals surface area contributed by atoms with Gasteiger partial charge in [-0.3, -0.25) is 4.90 Å². The third-order valence-corrected chi connectivity index (χ3v) is 4.97. The van der Waals surface area contributed by atoms with Gasteiger partial charge in [-0.05, 0) is 12.8 Å². The number of hydrogen-bond acceptors (Lipinski definition) is 5. The Labute approximate surface area is 87.7 Å². The Balaban J connectivity index is 2.25. The lowest BCUT2D eigenvalue weighted by Crippen LogP contribution is -2.46. The number of amides is 1. The maximum atomic E-state index is 11.6. The van der Waals surface area contributed by atoms with Gasteiger partial charge in [0.05, 0.1) is 18.4 Å². The summed E-state index contributed by atoms with van der Waals surface area (Å²) in [5.74, 6) is 0.111. The first-order valence-electron chi connectivity index (χ1n) is 4.84. The van der Waals surface area contributed by atoms with E-state index in [0.29, 0.717) is 12.8 Å². The Bertz CT molecular complexity index is 365. The highest BCUT2D eigenvalue weighted by Crippen LogP contribution is 2.28. The van der Waals surface area contributed by atoms with Gasteiger partial charge in [-0.2, -0.15) is 0 Å². The first kappa shape index (κ1) is 10.7. The molecule has 2 rings (SSSR count). The number of sulfone groups is 1. The van der Waals surface area contributed by atoms with Crippen LogP contribution < -0.4 is 0 Å². The largest absolute Gasteiger partial charge is 0.447 e.